The number of hydrogen-bond donors (Lipinski definition) is 0. The number of allylic oxidation sites excluding steroid dienone is 2. The Labute approximate surface area is 292 Å². The maximum atomic E-state index is 16.5. The zero-order valence-electron chi connectivity index (χ0n) is 27.7. The summed E-state index contributed by atoms with van der Waals surface area (Å²) in [6.45, 7) is 4.13. The molecule has 0 radical (unpaired) electrons. The fourth-order valence-corrected chi connectivity index (χ4v) is 8.17. The van der Waals surface area contributed by atoms with E-state index in [1.807, 2.05) is 24.3 Å². The van der Waals surface area contributed by atoms with E-state index < -0.39 is 0 Å². The summed E-state index contributed by atoms with van der Waals surface area (Å²) in [6.07, 6.45) is 8.19. The zero-order chi connectivity index (χ0) is 33.6. The summed E-state index contributed by atoms with van der Waals surface area (Å²) in [4.78, 5) is 0. The molecule has 238 valence electrons. The lowest BCUT2D eigenvalue weighted by Gasteiger charge is -2.29. The first-order chi connectivity index (χ1) is 24.7. The Morgan fingerprint density at radius 2 is 1.16 bits per heavy atom. The third-order valence-corrected chi connectivity index (χ3v) is 10.4. The number of hydrogen-bond acceptors (Lipinski definition) is 0. The first-order valence-corrected chi connectivity index (χ1v) is 17.4. The Morgan fingerprint density at radius 1 is 0.580 bits per heavy atom. The van der Waals surface area contributed by atoms with Crippen LogP contribution in [0.15, 0.2) is 170 Å². The molecule has 0 saturated carbocycles. The van der Waals surface area contributed by atoms with Gasteiger partial charge in [-0.2, -0.15) is 0 Å². The van der Waals surface area contributed by atoms with Crippen LogP contribution in [-0.2, 0) is 12.8 Å². The molecule has 8 aromatic carbocycles. The van der Waals surface area contributed by atoms with Gasteiger partial charge in [0.05, 0.1) is 0 Å². The van der Waals surface area contributed by atoms with E-state index in [2.05, 4.69) is 146 Å². The van der Waals surface area contributed by atoms with Gasteiger partial charge in [-0.25, -0.2) is 4.39 Å². The topological polar surface area (TPSA) is 0 Å². The van der Waals surface area contributed by atoms with Gasteiger partial charge in [0, 0.05) is 11.5 Å². The highest BCUT2D eigenvalue weighted by molar-refractivity contribution is 6.12. The SMILES string of the molecule is C=CCc1cc2ccccc2cc1-c1c2c(c(-c3cc4ccccc4cc3F)c3ccccc13)CC(c1ccccc1-c1ccccc1)C=C2. The molecule has 0 spiro atoms. The van der Waals surface area contributed by atoms with Gasteiger partial charge in [-0.3, -0.25) is 0 Å². The molecule has 9 rings (SSSR count). The van der Waals surface area contributed by atoms with Crippen molar-refractivity contribution in [2.75, 3.05) is 0 Å². The van der Waals surface area contributed by atoms with E-state index in [1.165, 1.54) is 55.3 Å². The van der Waals surface area contributed by atoms with Gasteiger partial charge in [0.25, 0.3) is 0 Å². The molecule has 0 nitrogen and oxygen atoms in total. The molecule has 0 amide bonds. The van der Waals surface area contributed by atoms with Gasteiger partial charge in [-0.05, 0) is 113 Å². The highest BCUT2D eigenvalue weighted by atomic mass is 19.1. The highest BCUT2D eigenvalue weighted by Crippen LogP contribution is 2.49. The smallest absolute Gasteiger partial charge is 0.131 e. The van der Waals surface area contributed by atoms with E-state index >= 15 is 4.39 Å². The van der Waals surface area contributed by atoms with Crippen LogP contribution < -0.4 is 0 Å². The van der Waals surface area contributed by atoms with Crippen LogP contribution in [0, 0.1) is 5.82 Å². The lowest BCUT2D eigenvalue weighted by molar-refractivity contribution is 0.633. The monoisotopic (exact) mass is 642 g/mol. The molecule has 50 heavy (non-hydrogen) atoms. The first-order valence-electron chi connectivity index (χ1n) is 17.4. The normalized spacial score (nSPS) is 13.9. The molecule has 0 heterocycles. The summed E-state index contributed by atoms with van der Waals surface area (Å²) in [6, 6.07) is 53.0. The van der Waals surface area contributed by atoms with Gasteiger partial charge >= 0.3 is 0 Å². The van der Waals surface area contributed by atoms with Crippen LogP contribution in [-0.4, -0.2) is 0 Å². The van der Waals surface area contributed by atoms with E-state index in [0.717, 1.165) is 39.9 Å². The minimum absolute atomic E-state index is 0.111. The molecule has 1 aliphatic rings. The maximum Gasteiger partial charge on any atom is 0.131 e. The van der Waals surface area contributed by atoms with Crippen molar-refractivity contribution in [1.29, 1.82) is 0 Å². The van der Waals surface area contributed by atoms with E-state index in [0.29, 0.717) is 5.56 Å². The predicted octanol–water partition coefficient (Wildman–Crippen LogP) is 13.4. The van der Waals surface area contributed by atoms with Crippen molar-refractivity contribution in [2.24, 2.45) is 0 Å². The summed E-state index contributed by atoms with van der Waals surface area (Å²) < 4.78 is 16.5. The van der Waals surface area contributed by atoms with Crippen LogP contribution in [0.4, 0.5) is 4.39 Å². The predicted molar refractivity (Wildman–Crippen MR) is 211 cm³/mol. The zero-order valence-corrected chi connectivity index (χ0v) is 27.7. The lowest BCUT2D eigenvalue weighted by Crippen LogP contribution is -2.11. The quantitative estimate of drug-likeness (QED) is 0.158. The molecule has 1 atom stereocenters. The van der Waals surface area contributed by atoms with Crippen LogP contribution in [0.25, 0.3) is 71.8 Å². The van der Waals surface area contributed by atoms with Crippen molar-refractivity contribution in [3.05, 3.63) is 198 Å². The molecule has 8 aromatic rings. The van der Waals surface area contributed by atoms with E-state index in [1.54, 1.807) is 6.07 Å². The van der Waals surface area contributed by atoms with Gasteiger partial charge in [0.15, 0.2) is 0 Å². The van der Waals surface area contributed by atoms with E-state index in [-0.39, 0.29) is 11.7 Å². The first kappa shape index (κ1) is 30.0. The average molecular weight is 643 g/mol. The van der Waals surface area contributed by atoms with Gasteiger partial charge < -0.3 is 0 Å². The molecule has 1 unspecified atom stereocenters. The summed E-state index contributed by atoms with van der Waals surface area (Å²) in [5.41, 5.74) is 11.3. The molecule has 0 bridgehead atoms. The van der Waals surface area contributed by atoms with Gasteiger partial charge in [0.2, 0.25) is 0 Å². The second kappa shape index (κ2) is 12.4. The van der Waals surface area contributed by atoms with Crippen LogP contribution in [0.2, 0.25) is 0 Å². The molecule has 0 aliphatic heterocycles. The Balaban J connectivity index is 1.36. The summed E-state index contributed by atoms with van der Waals surface area (Å²) in [5.74, 6) is -0.0860. The molecular formula is C49H35F. The van der Waals surface area contributed by atoms with E-state index in [9.17, 15) is 0 Å². The Hall–Kier alpha value is -6.05. The Kier molecular flexibility index (Phi) is 7.47. The molecule has 1 aliphatic carbocycles. The second-order valence-electron chi connectivity index (χ2n) is 13.3. The van der Waals surface area contributed by atoms with Gasteiger partial charge in [-0.1, -0.05) is 152 Å². The average Bonchev–Trinajstić information content (AvgIpc) is 3.17. The number of benzene rings is 8. The molecule has 0 saturated heterocycles. The molecule has 0 aromatic heterocycles. The second-order valence-corrected chi connectivity index (χ2v) is 13.3. The van der Waals surface area contributed by atoms with Gasteiger partial charge in [-0.15, -0.1) is 6.58 Å². The van der Waals surface area contributed by atoms with Crippen molar-refractivity contribution in [2.45, 2.75) is 18.8 Å². The fraction of sp³-hybridized carbons (Fsp3) is 0.0612. The minimum atomic E-state index is -0.197. The van der Waals surface area contributed by atoms with Gasteiger partial charge in [0.1, 0.15) is 5.82 Å². The van der Waals surface area contributed by atoms with Crippen molar-refractivity contribution in [3.63, 3.8) is 0 Å². The molecular weight excluding hydrogens is 608 g/mol. The molecule has 0 N–H and O–H groups in total. The van der Waals surface area contributed by atoms with Crippen molar-refractivity contribution < 1.29 is 4.39 Å². The summed E-state index contributed by atoms with van der Waals surface area (Å²) >= 11 is 0. The summed E-state index contributed by atoms with van der Waals surface area (Å²) in [7, 11) is 0. The third kappa shape index (κ3) is 5.06. The number of halogens is 1. The Bertz CT molecular complexity index is 2620. The lowest BCUT2D eigenvalue weighted by atomic mass is 9.74. The van der Waals surface area contributed by atoms with Crippen molar-refractivity contribution in [1.82, 2.24) is 0 Å². The largest absolute Gasteiger partial charge is 0.206 e. The van der Waals surface area contributed by atoms with Crippen molar-refractivity contribution in [3.8, 4) is 33.4 Å². The summed E-state index contributed by atoms with van der Waals surface area (Å²) in [5, 5.41) is 6.55. The maximum absolute atomic E-state index is 16.5. The highest BCUT2D eigenvalue weighted by Gasteiger charge is 2.28. The molecule has 0 fully saturated rings. The standard InChI is InChI=1S/C49H35F/c1-2-14-37-27-33-17-6-7-18-34(33)28-44(37)48-41-23-12-13-24-42(41)49(46-29-35-19-8-9-20-36(35)31-47(46)50)45-30-38(25-26-43(45)48)40-22-11-10-21-39(40)32-15-4-3-5-16-32/h2-13,15-29,31,38H,1,14,30H2. The van der Waals surface area contributed by atoms with E-state index in [4.69, 9.17) is 0 Å². The minimum Gasteiger partial charge on any atom is -0.206 e. The fourth-order valence-electron chi connectivity index (χ4n) is 8.17. The van der Waals surface area contributed by atoms with Crippen molar-refractivity contribution >= 4 is 38.4 Å². The number of fused-ring (bicyclic) bond motifs is 4. The molecule has 1 heteroatoms. The van der Waals surface area contributed by atoms with Crippen LogP contribution in [0.3, 0.4) is 0 Å². The third-order valence-electron chi connectivity index (χ3n) is 10.4. The van der Waals surface area contributed by atoms with Crippen LogP contribution in [0.1, 0.15) is 28.2 Å². The van der Waals surface area contributed by atoms with Crippen LogP contribution in [0.5, 0.6) is 0 Å². The number of rotatable bonds is 6. The Morgan fingerprint density at radius 3 is 1.88 bits per heavy atom. The van der Waals surface area contributed by atoms with Crippen LogP contribution >= 0.6 is 0 Å².